The molecule has 2 unspecified atom stereocenters. The van der Waals surface area contributed by atoms with Gasteiger partial charge < -0.3 is 24.2 Å². The van der Waals surface area contributed by atoms with E-state index in [1.165, 1.54) is 205 Å². The zero-order chi connectivity index (χ0) is 57.0. The lowest BCUT2D eigenvalue weighted by Crippen LogP contribution is -2.33. The van der Waals surface area contributed by atoms with Crippen LogP contribution in [-0.2, 0) is 23.9 Å². The van der Waals surface area contributed by atoms with Crippen molar-refractivity contribution in [1.29, 1.82) is 0 Å². The molecule has 0 aromatic rings. The predicted octanol–water partition coefficient (Wildman–Crippen LogP) is 20.6. The van der Waals surface area contributed by atoms with Gasteiger partial charge in [-0.05, 0) is 130 Å². The van der Waals surface area contributed by atoms with E-state index in [2.05, 4.69) is 63.3 Å². The third kappa shape index (κ3) is 51.2. The summed E-state index contributed by atoms with van der Waals surface area (Å²) in [6.45, 7) is 22.2. The lowest BCUT2D eigenvalue weighted by Gasteiger charge is -2.24. The average Bonchev–Trinajstić information content (AvgIpc) is 3.44. The van der Waals surface area contributed by atoms with Crippen LogP contribution in [0.1, 0.15) is 356 Å². The van der Waals surface area contributed by atoms with Crippen LogP contribution in [0.5, 0.6) is 0 Å². The lowest BCUT2D eigenvalue weighted by atomic mass is 9.94. The molecule has 8 heteroatoms. The molecule has 0 saturated carbocycles. The number of nitrogens with zero attached hydrogens (tertiary/aromatic N) is 3. The Kier molecular flexibility index (Phi) is 60.1. The number of unbranched alkanes of at least 4 members (excludes halogenated alkanes) is 34. The maximum Gasteiger partial charge on any atom is 0.308 e. The third-order valence-corrected chi connectivity index (χ3v) is 16.9. The number of amides is 1. The molecule has 0 saturated heterocycles. The Morgan fingerprint density at radius 3 is 0.910 bits per heavy atom. The molecule has 78 heavy (non-hydrogen) atoms. The van der Waals surface area contributed by atoms with Crippen LogP contribution in [0.4, 0.5) is 0 Å². The molecule has 0 rings (SSSR count). The van der Waals surface area contributed by atoms with Crippen molar-refractivity contribution < 1.29 is 23.9 Å². The van der Waals surface area contributed by atoms with Crippen molar-refractivity contribution >= 4 is 17.8 Å². The summed E-state index contributed by atoms with van der Waals surface area (Å²) in [5.74, 6) is 0.683. The van der Waals surface area contributed by atoms with E-state index in [9.17, 15) is 14.4 Å². The molecule has 0 aromatic heterocycles. The van der Waals surface area contributed by atoms with Crippen molar-refractivity contribution in [2.45, 2.75) is 356 Å². The Morgan fingerprint density at radius 1 is 0.295 bits per heavy atom. The summed E-state index contributed by atoms with van der Waals surface area (Å²) in [5, 5.41) is 0. The third-order valence-electron chi connectivity index (χ3n) is 16.9. The number of carbonyl (C=O) groups excluding carboxylic acids is 3. The number of ether oxygens (including phenoxy) is 2. The van der Waals surface area contributed by atoms with Crippen LogP contribution in [0, 0.1) is 11.8 Å². The Hall–Kier alpha value is -1.67. The van der Waals surface area contributed by atoms with Gasteiger partial charge in [0.25, 0.3) is 0 Å². The van der Waals surface area contributed by atoms with Crippen molar-refractivity contribution in [3.8, 4) is 0 Å². The monoisotopic (exact) mass is 1100 g/mol. The summed E-state index contributed by atoms with van der Waals surface area (Å²) in [4.78, 5) is 47.4. The van der Waals surface area contributed by atoms with Crippen LogP contribution in [0.25, 0.3) is 0 Å². The molecule has 0 aliphatic rings. The van der Waals surface area contributed by atoms with Gasteiger partial charge in [-0.15, -0.1) is 0 Å². The van der Waals surface area contributed by atoms with Crippen molar-refractivity contribution in [2.24, 2.45) is 11.8 Å². The number of rotatable bonds is 64. The maximum absolute atomic E-state index is 13.4. The molecule has 1 amide bonds. The first-order valence-electron chi connectivity index (χ1n) is 35.3. The standard InChI is InChI=1S/C70H139N3O5/c1-8-14-20-26-30-40-54-66(52-38-24-18-12-5)69(75)77-64-50-36-34-43-59-72(60-44-35-37-51-65-78-70(76)67(53-39-25-19-13-6)55-41-31-27-21-15-9-2)61-49-48-58-71(7)57-47-42-56-68(74)73(62-45-32-28-22-16-10-3)63-46-33-29-23-17-11-4/h66-67H,8-65H2,1-7H3. The van der Waals surface area contributed by atoms with Crippen molar-refractivity contribution in [3.63, 3.8) is 0 Å². The Labute approximate surface area is 488 Å². The molecule has 0 heterocycles. The number of esters is 2. The Balaban J connectivity index is 5.10. The normalized spacial score (nSPS) is 12.5. The molecule has 2 atom stereocenters. The van der Waals surface area contributed by atoms with Crippen molar-refractivity contribution in [2.75, 3.05) is 66.1 Å². The first-order chi connectivity index (χ1) is 38.3. The Bertz CT molecular complexity index is 1180. The second-order valence-electron chi connectivity index (χ2n) is 24.6. The van der Waals surface area contributed by atoms with E-state index in [0.717, 1.165) is 149 Å². The van der Waals surface area contributed by atoms with E-state index >= 15 is 0 Å². The smallest absolute Gasteiger partial charge is 0.308 e. The van der Waals surface area contributed by atoms with Crippen LogP contribution < -0.4 is 0 Å². The highest BCUT2D eigenvalue weighted by Crippen LogP contribution is 2.23. The minimum atomic E-state index is 0.0650. The molecule has 0 radical (unpaired) electrons. The molecule has 0 aromatic carbocycles. The minimum Gasteiger partial charge on any atom is -0.465 e. The molecule has 464 valence electrons. The average molecular weight is 1100 g/mol. The summed E-state index contributed by atoms with van der Waals surface area (Å²) in [6, 6.07) is 0. The SMILES string of the molecule is CCCCCCCCC(CCCCCC)C(=O)OCCCCCCN(CCCCCCOC(=O)C(CCCCCC)CCCCCCCC)CCCCN(C)CCCCC(=O)N(CCCCCCCC)CCCCCCCC. The highest BCUT2D eigenvalue weighted by Gasteiger charge is 2.21. The zero-order valence-corrected chi connectivity index (χ0v) is 54.0. The van der Waals surface area contributed by atoms with E-state index in [1.807, 2.05) is 0 Å². The van der Waals surface area contributed by atoms with E-state index in [1.54, 1.807) is 0 Å². The molecule has 0 aliphatic carbocycles. The highest BCUT2D eigenvalue weighted by atomic mass is 16.5. The van der Waals surface area contributed by atoms with Crippen molar-refractivity contribution in [3.05, 3.63) is 0 Å². The fourth-order valence-corrected chi connectivity index (χ4v) is 11.4. The van der Waals surface area contributed by atoms with Gasteiger partial charge in [0.2, 0.25) is 5.91 Å². The largest absolute Gasteiger partial charge is 0.465 e. The number of carbonyl (C=O) groups is 3. The van der Waals surface area contributed by atoms with E-state index in [0.29, 0.717) is 25.5 Å². The molecular formula is C70H139N3O5. The van der Waals surface area contributed by atoms with Crippen LogP contribution in [0.15, 0.2) is 0 Å². The summed E-state index contributed by atoms with van der Waals surface area (Å²) >= 11 is 0. The molecule has 0 aliphatic heterocycles. The quantitative estimate of drug-likeness (QED) is 0.0443. The lowest BCUT2D eigenvalue weighted by molar-refractivity contribution is -0.150. The summed E-state index contributed by atoms with van der Waals surface area (Å²) < 4.78 is 11.9. The van der Waals surface area contributed by atoms with Gasteiger partial charge in [0.15, 0.2) is 0 Å². The predicted molar refractivity (Wildman–Crippen MR) is 340 cm³/mol. The first kappa shape index (κ1) is 76.3. The number of hydrogen-bond acceptors (Lipinski definition) is 7. The summed E-state index contributed by atoms with van der Waals surface area (Å²) in [7, 11) is 2.27. The van der Waals surface area contributed by atoms with Gasteiger partial charge in [0.1, 0.15) is 0 Å². The fraction of sp³-hybridized carbons (Fsp3) is 0.957. The molecule has 0 spiro atoms. The van der Waals surface area contributed by atoms with Crippen molar-refractivity contribution in [1.82, 2.24) is 14.7 Å². The van der Waals surface area contributed by atoms with E-state index in [4.69, 9.17) is 9.47 Å². The van der Waals surface area contributed by atoms with Crippen LogP contribution >= 0.6 is 0 Å². The van der Waals surface area contributed by atoms with Gasteiger partial charge in [0, 0.05) is 19.5 Å². The minimum absolute atomic E-state index is 0.0650. The number of hydrogen-bond donors (Lipinski definition) is 0. The van der Waals surface area contributed by atoms with Crippen LogP contribution in [-0.4, -0.2) is 98.6 Å². The van der Waals surface area contributed by atoms with Gasteiger partial charge in [-0.3, -0.25) is 14.4 Å². The Morgan fingerprint density at radius 2 is 0.551 bits per heavy atom. The summed E-state index contributed by atoms with van der Waals surface area (Å²) in [6.07, 6.45) is 58.3. The maximum atomic E-state index is 13.4. The highest BCUT2D eigenvalue weighted by molar-refractivity contribution is 5.76. The van der Waals surface area contributed by atoms with E-state index in [-0.39, 0.29) is 23.8 Å². The summed E-state index contributed by atoms with van der Waals surface area (Å²) in [5.41, 5.74) is 0. The molecular weight excluding hydrogens is 963 g/mol. The van der Waals surface area contributed by atoms with Gasteiger partial charge in [0.05, 0.1) is 25.0 Å². The van der Waals surface area contributed by atoms with Crippen LogP contribution in [0.3, 0.4) is 0 Å². The molecule has 8 nitrogen and oxygen atoms in total. The molecule has 0 bridgehead atoms. The van der Waals surface area contributed by atoms with Gasteiger partial charge in [-0.1, -0.05) is 260 Å². The second kappa shape index (κ2) is 61.4. The van der Waals surface area contributed by atoms with Crippen LogP contribution in [0.2, 0.25) is 0 Å². The second-order valence-corrected chi connectivity index (χ2v) is 24.6. The zero-order valence-electron chi connectivity index (χ0n) is 54.0. The van der Waals surface area contributed by atoms with E-state index < -0.39 is 0 Å². The fourth-order valence-electron chi connectivity index (χ4n) is 11.4. The topological polar surface area (TPSA) is 79.4 Å². The van der Waals surface area contributed by atoms with Gasteiger partial charge in [-0.25, -0.2) is 0 Å². The van der Waals surface area contributed by atoms with Gasteiger partial charge in [-0.2, -0.15) is 0 Å². The first-order valence-corrected chi connectivity index (χ1v) is 35.3. The molecule has 0 fully saturated rings. The molecule has 0 N–H and O–H groups in total. The van der Waals surface area contributed by atoms with Gasteiger partial charge >= 0.3 is 11.9 Å².